The second kappa shape index (κ2) is 12.1. The van der Waals surface area contributed by atoms with Gasteiger partial charge in [0, 0.05) is 23.7 Å². The Morgan fingerprint density at radius 2 is 1.61 bits per heavy atom. The number of aryl methyl sites for hydroxylation is 2. The zero-order valence-electron chi connectivity index (χ0n) is 20.9. The molecule has 0 spiro atoms. The summed E-state index contributed by atoms with van der Waals surface area (Å²) < 4.78 is 15.5. The van der Waals surface area contributed by atoms with Gasteiger partial charge in [0.05, 0.1) is 26.7 Å². The Morgan fingerprint density at radius 1 is 1.00 bits per heavy atom. The van der Waals surface area contributed by atoms with Gasteiger partial charge in [-0.25, -0.2) is 0 Å². The molecule has 0 aliphatic carbocycles. The predicted molar refractivity (Wildman–Crippen MR) is 132 cm³/mol. The summed E-state index contributed by atoms with van der Waals surface area (Å²) >= 11 is 0. The highest BCUT2D eigenvalue weighted by Gasteiger charge is 2.37. The number of amides is 3. The Morgan fingerprint density at radius 3 is 2.17 bits per heavy atom. The minimum absolute atomic E-state index is 0.0647. The highest BCUT2D eigenvalue weighted by atomic mass is 16.5. The van der Waals surface area contributed by atoms with Crippen LogP contribution < -0.4 is 20.2 Å². The van der Waals surface area contributed by atoms with Gasteiger partial charge < -0.3 is 19.5 Å². The highest BCUT2D eigenvalue weighted by molar-refractivity contribution is 5.97. The van der Waals surface area contributed by atoms with Crippen molar-refractivity contribution in [2.75, 3.05) is 32.7 Å². The van der Waals surface area contributed by atoms with E-state index in [2.05, 4.69) is 10.7 Å². The van der Waals surface area contributed by atoms with E-state index in [1.165, 1.54) is 26.4 Å². The van der Waals surface area contributed by atoms with Crippen LogP contribution >= 0.6 is 0 Å². The van der Waals surface area contributed by atoms with Crippen LogP contribution in [0, 0.1) is 5.92 Å². The number of hydrazine groups is 1. The molecule has 1 saturated heterocycles. The van der Waals surface area contributed by atoms with Crippen molar-refractivity contribution in [3.8, 4) is 11.5 Å². The number of nitrogens with zero attached hydrogens (tertiary/aromatic N) is 1. The van der Waals surface area contributed by atoms with Crippen molar-refractivity contribution in [1.29, 1.82) is 0 Å². The van der Waals surface area contributed by atoms with Gasteiger partial charge in [0.1, 0.15) is 11.5 Å². The first kappa shape index (κ1) is 26.5. The molecule has 0 aromatic heterocycles. The summed E-state index contributed by atoms with van der Waals surface area (Å²) in [4.78, 5) is 50.1. The van der Waals surface area contributed by atoms with Gasteiger partial charge in [0.15, 0.2) is 6.61 Å². The smallest absolute Gasteiger partial charge is 0.311 e. The molecule has 2 N–H and O–H groups in total. The quantitative estimate of drug-likeness (QED) is 0.484. The molecule has 2 aromatic rings. The molecule has 3 rings (SSSR count). The summed E-state index contributed by atoms with van der Waals surface area (Å²) in [7, 11) is 2.92. The lowest BCUT2D eigenvalue weighted by atomic mass is 10.0. The van der Waals surface area contributed by atoms with Gasteiger partial charge in [-0.15, -0.1) is 0 Å². The van der Waals surface area contributed by atoms with Crippen molar-refractivity contribution in [1.82, 2.24) is 10.4 Å². The molecule has 192 valence electrons. The van der Waals surface area contributed by atoms with Crippen LogP contribution in [0.2, 0.25) is 0 Å². The fraction of sp³-hybridized carbons (Fsp3) is 0.385. The second-order valence-electron chi connectivity index (χ2n) is 8.26. The number of nitrogens with one attached hydrogen (secondary N) is 2. The molecule has 1 atom stereocenters. The topological polar surface area (TPSA) is 123 Å². The molecule has 1 fully saturated rings. The third-order valence-corrected chi connectivity index (χ3v) is 5.92. The summed E-state index contributed by atoms with van der Waals surface area (Å²) in [5, 5.41) is 3.91. The number of benzene rings is 2. The van der Waals surface area contributed by atoms with Crippen molar-refractivity contribution in [3.05, 3.63) is 53.1 Å². The molecule has 1 heterocycles. The number of esters is 1. The lowest BCUT2D eigenvalue weighted by Crippen LogP contribution is -2.43. The average Bonchev–Trinajstić information content (AvgIpc) is 3.26. The lowest BCUT2D eigenvalue weighted by molar-refractivity contribution is -0.151. The molecule has 0 saturated carbocycles. The summed E-state index contributed by atoms with van der Waals surface area (Å²) in [5.74, 6) is -2.11. The van der Waals surface area contributed by atoms with Crippen LogP contribution in [-0.2, 0) is 32.0 Å². The van der Waals surface area contributed by atoms with Crippen LogP contribution in [0.4, 0.5) is 5.69 Å². The van der Waals surface area contributed by atoms with Crippen LogP contribution in [0.15, 0.2) is 36.4 Å². The van der Waals surface area contributed by atoms with Gasteiger partial charge in [0.2, 0.25) is 5.91 Å². The molecule has 3 amide bonds. The fourth-order valence-corrected chi connectivity index (χ4v) is 3.93. The molecule has 1 aliphatic rings. The monoisotopic (exact) mass is 497 g/mol. The minimum Gasteiger partial charge on any atom is -0.497 e. The Balaban J connectivity index is 1.55. The number of carbonyl (C=O) groups excluding carboxylic acids is 4. The standard InChI is InChI=1S/C26H31N3O7/c1-5-16-8-7-9-17(6-2)24(16)27-22(30)15-36-26(33)19-12-23(31)29(14-19)28-25(32)18-10-20(34-3)13-21(11-18)35-4/h7-11,13,19H,5-6,12,14-15H2,1-4H3,(H,27,30)(H,28,32)/t19-/m1/s1. The van der Waals surface area contributed by atoms with E-state index in [0.717, 1.165) is 34.7 Å². The maximum Gasteiger partial charge on any atom is 0.311 e. The van der Waals surface area contributed by atoms with Crippen molar-refractivity contribution < 1.29 is 33.4 Å². The number of rotatable bonds is 10. The number of carbonyl (C=O) groups is 4. The third-order valence-electron chi connectivity index (χ3n) is 5.92. The van der Waals surface area contributed by atoms with E-state index in [1.807, 2.05) is 32.0 Å². The van der Waals surface area contributed by atoms with Crippen molar-refractivity contribution in [3.63, 3.8) is 0 Å². The molecule has 2 aromatic carbocycles. The van der Waals surface area contributed by atoms with E-state index in [-0.39, 0.29) is 18.5 Å². The SMILES string of the molecule is CCc1cccc(CC)c1NC(=O)COC(=O)[C@@H]1CC(=O)N(NC(=O)c2cc(OC)cc(OC)c2)C1. The molecule has 10 nitrogen and oxygen atoms in total. The van der Waals surface area contributed by atoms with Gasteiger partial charge in [-0.2, -0.15) is 0 Å². The molecule has 1 aliphatic heterocycles. The van der Waals surface area contributed by atoms with Gasteiger partial charge in [-0.3, -0.25) is 29.6 Å². The second-order valence-corrected chi connectivity index (χ2v) is 8.26. The number of methoxy groups -OCH3 is 2. The zero-order valence-corrected chi connectivity index (χ0v) is 20.9. The van der Waals surface area contributed by atoms with E-state index in [9.17, 15) is 19.2 Å². The van der Waals surface area contributed by atoms with Gasteiger partial charge in [-0.05, 0) is 36.1 Å². The molecule has 0 radical (unpaired) electrons. The maximum absolute atomic E-state index is 12.7. The predicted octanol–water partition coefficient (Wildman–Crippen LogP) is 2.50. The van der Waals surface area contributed by atoms with E-state index in [0.29, 0.717) is 11.5 Å². The summed E-state index contributed by atoms with van der Waals surface area (Å²) in [5.41, 5.74) is 5.45. The van der Waals surface area contributed by atoms with Crippen molar-refractivity contribution >= 4 is 29.4 Å². The van der Waals surface area contributed by atoms with E-state index in [4.69, 9.17) is 14.2 Å². The fourth-order valence-electron chi connectivity index (χ4n) is 3.93. The number of hydrogen-bond donors (Lipinski definition) is 2. The first-order valence-electron chi connectivity index (χ1n) is 11.7. The number of anilines is 1. The third kappa shape index (κ3) is 6.32. The highest BCUT2D eigenvalue weighted by Crippen LogP contribution is 2.24. The molecular formula is C26H31N3O7. The Kier molecular flexibility index (Phi) is 8.88. The molecule has 0 bridgehead atoms. The molecule has 36 heavy (non-hydrogen) atoms. The summed E-state index contributed by atoms with van der Waals surface area (Å²) in [6, 6.07) is 10.4. The van der Waals surface area contributed by atoms with Crippen molar-refractivity contribution in [2.45, 2.75) is 33.1 Å². The van der Waals surface area contributed by atoms with Crippen LogP contribution in [0.25, 0.3) is 0 Å². The number of hydrogen-bond acceptors (Lipinski definition) is 7. The number of ether oxygens (including phenoxy) is 3. The Hall–Kier alpha value is -4.08. The first-order valence-corrected chi connectivity index (χ1v) is 11.7. The minimum atomic E-state index is -0.806. The van der Waals surface area contributed by atoms with Crippen LogP contribution in [0.1, 0.15) is 41.8 Å². The largest absolute Gasteiger partial charge is 0.497 e. The lowest BCUT2D eigenvalue weighted by Gasteiger charge is -2.18. The average molecular weight is 498 g/mol. The molecule has 10 heteroatoms. The Bertz CT molecular complexity index is 1100. The zero-order chi connectivity index (χ0) is 26.2. The summed E-state index contributed by atoms with van der Waals surface area (Å²) in [6.07, 6.45) is 1.36. The molecule has 0 unspecified atom stereocenters. The first-order chi connectivity index (χ1) is 17.3. The van der Waals surface area contributed by atoms with Crippen molar-refractivity contribution in [2.24, 2.45) is 5.92 Å². The van der Waals surface area contributed by atoms with Crippen LogP contribution in [0.5, 0.6) is 11.5 Å². The van der Waals surface area contributed by atoms with E-state index in [1.54, 1.807) is 6.07 Å². The van der Waals surface area contributed by atoms with Gasteiger partial charge in [0.25, 0.3) is 11.8 Å². The van der Waals surface area contributed by atoms with Gasteiger partial charge in [-0.1, -0.05) is 32.0 Å². The van der Waals surface area contributed by atoms with Gasteiger partial charge >= 0.3 is 5.97 Å². The Labute approximate surface area is 209 Å². The summed E-state index contributed by atoms with van der Waals surface area (Å²) in [6.45, 7) is 3.46. The van der Waals surface area contributed by atoms with E-state index < -0.39 is 36.2 Å². The van der Waals surface area contributed by atoms with Crippen LogP contribution in [0.3, 0.4) is 0 Å². The van der Waals surface area contributed by atoms with E-state index >= 15 is 0 Å². The number of para-hydroxylation sites is 1. The molecular weight excluding hydrogens is 466 g/mol. The maximum atomic E-state index is 12.7. The van der Waals surface area contributed by atoms with Crippen LogP contribution in [-0.4, -0.2) is 56.1 Å². The normalized spacial score (nSPS) is 14.8.